The molecule has 0 bridgehead atoms. The van der Waals surface area contributed by atoms with E-state index in [0.29, 0.717) is 52.2 Å². The van der Waals surface area contributed by atoms with E-state index < -0.39 is 35.2 Å². The molecule has 0 spiro atoms. The lowest BCUT2D eigenvalue weighted by Gasteiger charge is -2.32. The summed E-state index contributed by atoms with van der Waals surface area (Å²) in [6.07, 6.45) is 8.20. The summed E-state index contributed by atoms with van der Waals surface area (Å²) in [4.78, 5) is 87.6. The number of carbonyl (C=O) groups is 6. The number of urea groups is 1. The quantitative estimate of drug-likeness (QED) is 0.0422. The summed E-state index contributed by atoms with van der Waals surface area (Å²) in [6, 6.07) is 14.9. The molecule has 0 heterocycles. The highest BCUT2D eigenvalue weighted by molar-refractivity contribution is 5.87. The SMILES string of the molecule is CC(C)[C@H](NC(=O)C1CCCC(OCC=O)C1)C(=O)OC(C)(C)C.CCN=C=O.CCNC(=O)N(CCOC1CCCC(C(=O)N[C@H](C(=O)OC(C)(C)C)C(C)C)C1)Cc1ccc(C)cc1.Cc1ccc(CN)cc1. The number of aliphatic imine (C=N–C) groups is 1. The number of carbonyl (C=O) groups excluding carboxylic acids is 7. The van der Waals surface area contributed by atoms with E-state index in [9.17, 15) is 28.8 Å². The van der Waals surface area contributed by atoms with Gasteiger partial charge < -0.3 is 50.3 Å². The zero-order valence-electron chi connectivity index (χ0n) is 47.9. The number of amides is 4. The van der Waals surface area contributed by atoms with Crippen LogP contribution in [0.15, 0.2) is 53.5 Å². The van der Waals surface area contributed by atoms with Crippen LogP contribution in [0.5, 0.6) is 0 Å². The van der Waals surface area contributed by atoms with E-state index in [1.165, 1.54) is 22.8 Å². The van der Waals surface area contributed by atoms with Crippen molar-refractivity contribution >= 4 is 42.2 Å². The number of hydrogen-bond donors (Lipinski definition) is 4. The molecule has 2 aliphatic carbocycles. The van der Waals surface area contributed by atoms with Gasteiger partial charge in [-0.2, -0.15) is 0 Å². The minimum absolute atomic E-state index is 0.0565. The Morgan fingerprint density at radius 3 is 1.52 bits per heavy atom. The third kappa shape index (κ3) is 29.4. The first-order valence-corrected chi connectivity index (χ1v) is 26.9. The topological polar surface area (TPSA) is 234 Å². The molecule has 0 aliphatic heterocycles. The highest BCUT2D eigenvalue weighted by Gasteiger charge is 2.35. The summed E-state index contributed by atoms with van der Waals surface area (Å²) >= 11 is 0. The van der Waals surface area contributed by atoms with E-state index in [0.717, 1.165) is 50.4 Å². The molecule has 0 aromatic heterocycles. The van der Waals surface area contributed by atoms with E-state index in [-0.39, 0.29) is 60.3 Å². The molecule has 2 fully saturated rings. The van der Waals surface area contributed by atoms with Gasteiger partial charge in [0, 0.05) is 44.6 Å². The number of aldehydes is 1. The zero-order valence-corrected chi connectivity index (χ0v) is 47.9. The average Bonchev–Trinajstić information content (AvgIpc) is 3.34. The van der Waals surface area contributed by atoms with E-state index >= 15 is 0 Å². The fourth-order valence-electron chi connectivity index (χ4n) is 8.06. The molecule has 4 unspecified atom stereocenters. The largest absolute Gasteiger partial charge is 0.458 e. The summed E-state index contributed by atoms with van der Waals surface area (Å²) in [6.45, 7) is 29.4. The number of isocyanates is 1. The number of nitrogens with two attached hydrogens (primary N) is 1. The minimum Gasteiger partial charge on any atom is -0.458 e. The molecular formula is C58H94N6O11. The number of hydrogen-bond acceptors (Lipinski definition) is 13. The highest BCUT2D eigenvalue weighted by Crippen LogP contribution is 2.29. The van der Waals surface area contributed by atoms with E-state index in [4.69, 9.17) is 29.5 Å². The fraction of sp³-hybridized carbons (Fsp3) is 0.672. The molecule has 75 heavy (non-hydrogen) atoms. The van der Waals surface area contributed by atoms with Crippen molar-refractivity contribution in [3.05, 3.63) is 70.8 Å². The van der Waals surface area contributed by atoms with Crippen molar-refractivity contribution in [2.24, 2.45) is 34.4 Å². The predicted octanol–water partition coefficient (Wildman–Crippen LogP) is 8.62. The molecule has 0 radical (unpaired) electrons. The number of aryl methyl sites for hydroxylation is 2. The van der Waals surface area contributed by atoms with Gasteiger partial charge in [-0.1, -0.05) is 100 Å². The lowest BCUT2D eigenvalue weighted by molar-refractivity contribution is -0.161. The Labute approximate surface area is 449 Å². The second-order valence-electron chi connectivity index (χ2n) is 21.9. The van der Waals surface area contributed by atoms with Gasteiger partial charge in [0.2, 0.25) is 17.9 Å². The van der Waals surface area contributed by atoms with Crippen molar-refractivity contribution in [2.75, 3.05) is 32.8 Å². The first kappa shape index (κ1) is 67.5. The maximum Gasteiger partial charge on any atom is 0.329 e. The molecule has 4 rings (SSSR count). The van der Waals surface area contributed by atoms with Crippen LogP contribution in [-0.4, -0.2) is 115 Å². The van der Waals surface area contributed by atoms with Gasteiger partial charge >= 0.3 is 18.0 Å². The molecule has 5 N–H and O–H groups in total. The standard InChI is InChI=1S/C29H47N3O5.C18H31NO5.C8H11N.C3H5NO/c1-8-30-28(35)32(19-22-14-12-21(4)13-15-22)16-17-36-24-11-9-10-23(18-24)26(33)31-25(20(2)3)27(34)37-29(5,6)7;1-12(2)15(17(22)24-18(3,4)5)19-16(21)13-7-6-8-14(11-13)23-10-9-20;1-7-2-4-8(6-9)5-3-7;1-2-4-3-5/h12-15,20,23-25H,8-11,16-19H2,1-7H3,(H,30,35)(H,31,33);9,12-15H,6-8,10-11H2,1-5H3,(H,19,21);2-5H,6,9H2,1H3;2H2,1H3/t23?,24?,25-;13?,14?,15-;;/m00../s1. The maximum atomic E-state index is 13.1. The number of nitrogens with zero attached hydrogens (tertiary/aromatic N) is 2. The molecule has 17 heteroatoms. The molecule has 0 saturated heterocycles. The van der Waals surface area contributed by atoms with Crippen LogP contribution in [0.1, 0.15) is 157 Å². The van der Waals surface area contributed by atoms with Crippen LogP contribution < -0.4 is 21.7 Å². The number of esters is 2. The zero-order chi connectivity index (χ0) is 56.7. The smallest absolute Gasteiger partial charge is 0.329 e. The van der Waals surface area contributed by atoms with Gasteiger partial charge in [-0.15, -0.1) is 0 Å². The third-order valence-electron chi connectivity index (χ3n) is 12.0. The number of ether oxygens (including phenoxy) is 4. The van der Waals surface area contributed by atoms with Gasteiger partial charge in [0.25, 0.3) is 0 Å². The Morgan fingerprint density at radius 1 is 0.720 bits per heavy atom. The first-order chi connectivity index (χ1) is 35.3. The van der Waals surface area contributed by atoms with Crippen LogP contribution in [0.2, 0.25) is 0 Å². The monoisotopic (exact) mass is 1050 g/mol. The normalized spacial score (nSPS) is 18.0. The molecule has 2 aromatic carbocycles. The van der Waals surface area contributed by atoms with Crippen molar-refractivity contribution < 1.29 is 52.5 Å². The van der Waals surface area contributed by atoms with Crippen LogP contribution in [-0.2, 0) is 60.8 Å². The van der Waals surface area contributed by atoms with Gasteiger partial charge in [-0.05, 0) is 131 Å². The fourth-order valence-corrected chi connectivity index (χ4v) is 8.06. The van der Waals surface area contributed by atoms with Crippen LogP contribution in [0, 0.1) is 37.5 Å². The van der Waals surface area contributed by atoms with Crippen LogP contribution in [0.4, 0.5) is 4.79 Å². The van der Waals surface area contributed by atoms with Crippen molar-refractivity contribution in [1.82, 2.24) is 20.9 Å². The summed E-state index contributed by atoms with van der Waals surface area (Å²) in [5.41, 5.74) is 8.92. The summed E-state index contributed by atoms with van der Waals surface area (Å²) in [5.74, 6) is -1.62. The number of nitrogens with one attached hydrogen (secondary N) is 3. The summed E-state index contributed by atoms with van der Waals surface area (Å²) < 4.78 is 22.5. The molecule has 4 amide bonds. The second-order valence-corrected chi connectivity index (χ2v) is 21.9. The van der Waals surface area contributed by atoms with Crippen molar-refractivity contribution in [3.8, 4) is 0 Å². The average molecular weight is 1050 g/mol. The molecular weight excluding hydrogens is 957 g/mol. The Kier molecular flexibility index (Phi) is 32.2. The van der Waals surface area contributed by atoms with Crippen LogP contribution >= 0.6 is 0 Å². The third-order valence-corrected chi connectivity index (χ3v) is 12.0. The maximum absolute atomic E-state index is 13.1. The molecule has 2 aromatic rings. The van der Waals surface area contributed by atoms with Gasteiger partial charge in [-0.25, -0.2) is 24.2 Å². The van der Waals surface area contributed by atoms with Gasteiger partial charge in [0.05, 0.1) is 18.8 Å². The Hall–Kier alpha value is -5.48. The molecule has 2 aliphatic rings. The van der Waals surface area contributed by atoms with E-state index in [2.05, 4.69) is 52.1 Å². The minimum atomic E-state index is -0.680. The number of rotatable bonds is 20. The summed E-state index contributed by atoms with van der Waals surface area (Å²) in [7, 11) is 0. The predicted molar refractivity (Wildman–Crippen MR) is 293 cm³/mol. The number of benzene rings is 2. The Bertz CT molecular complexity index is 2040. The Balaban J connectivity index is 0.000000624. The molecule has 422 valence electrons. The first-order valence-electron chi connectivity index (χ1n) is 26.9. The van der Waals surface area contributed by atoms with Crippen molar-refractivity contribution in [2.45, 2.75) is 197 Å². The Morgan fingerprint density at radius 2 is 1.16 bits per heavy atom. The van der Waals surface area contributed by atoms with Gasteiger partial charge in [-0.3, -0.25) is 9.59 Å². The molecule has 2 saturated carbocycles. The van der Waals surface area contributed by atoms with E-state index in [1.54, 1.807) is 32.6 Å². The van der Waals surface area contributed by atoms with Gasteiger partial charge in [0.15, 0.2) is 0 Å². The highest BCUT2D eigenvalue weighted by atomic mass is 16.6. The van der Waals surface area contributed by atoms with Crippen molar-refractivity contribution in [3.63, 3.8) is 0 Å². The van der Waals surface area contributed by atoms with Crippen molar-refractivity contribution in [1.29, 1.82) is 0 Å². The molecule has 17 nitrogen and oxygen atoms in total. The summed E-state index contributed by atoms with van der Waals surface area (Å²) in [5, 5.41) is 8.66. The second kappa shape index (κ2) is 35.7. The van der Waals surface area contributed by atoms with E-state index in [1.807, 2.05) is 86.6 Å². The van der Waals surface area contributed by atoms with Gasteiger partial charge in [0.1, 0.15) is 36.2 Å². The lowest BCUT2D eigenvalue weighted by Crippen LogP contribution is -2.49. The lowest BCUT2D eigenvalue weighted by atomic mass is 9.86. The van der Waals surface area contributed by atoms with Crippen LogP contribution in [0.3, 0.4) is 0 Å². The molecule has 6 atom stereocenters. The van der Waals surface area contributed by atoms with Crippen LogP contribution in [0.25, 0.3) is 0 Å².